The van der Waals surface area contributed by atoms with Crippen molar-refractivity contribution in [2.75, 3.05) is 27.4 Å². The summed E-state index contributed by atoms with van der Waals surface area (Å²) in [6.45, 7) is 1.06. The molecule has 0 spiro atoms. The smallest absolute Gasteiger partial charge is 0.257 e. The maximum atomic E-state index is 14.0. The molecule has 7 heteroatoms. The van der Waals surface area contributed by atoms with Crippen LogP contribution in [0.25, 0.3) is 0 Å². The number of amides is 1. The van der Waals surface area contributed by atoms with Crippen molar-refractivity contribution in [2.45, 2.75) is 18.6 Å². The maximum absolute atomic E-state index is 14.0. The Labute approximate surface area is 132 Å². The zero-order valence-corrected chi connectivity index (χ0v) is 13.0. The third kappa shape index (κ3) is 2.79. The fraction of sp³-hybridized carbons (Fsp3) is 0.562. The first-order chi connectivity index (χ1) is 11.1. The Morgan fingerprint density at radius 2 is 2.04 bits per heavy atom. The second-order valence-corrected chi connectivity index (χ2v) is 5.87. The van der Waals surface area contributed by atoms with Crippen LogP contribution in [0.2, 0.25) is 0 Å². The maximum Gasteiger partial charge on any atom is 0.257 e. The molecule has 1 aliphatic heterocycles. The number of carbonyl (C=O) groups excluding carboxylic acids is 1. The number of halogens is 2. The molecule has 2 fully saturated rings. The lowest BCUT2D eigenvalue weighted by Crippen LogP contribution is -2.62. The number of ether oxygens (including phenoxy) is 3. The molecule has 0 radical (unpaired) electrons. The summed E-state index contributed by atoms with van der Waals surface area (Å²) in [6, 6.07) is 1.79. The van der Waals surface area contributed by atoms with E-state index in [2.05, 4.69) is 5.32 Å². The van der Waals surface area contributed by atoms with E-state index < -0.39 is 23.1 Å². The van der Waals surface area contributed by atoms with Gasteiger partial charge in [0.2, 0.25) is 0 Å². The van der Waals surface area contributed by atoms with Crippen LogP contribution in [0, 0.1) is 23.5 Å². The van der Waals surface area contributed by atoms with Gasteiger partial charge in [-0.05, 0) is 6.42 Å². The Morgan fingerprint density at radius 3 is 2.65 bits per heavy atom. The van der Waals surface area contributed by atoms with Crippen LogP contribution in [-0.4, -0.2) is 45.5 Å². The Bertz CT molecular complexity index is 587. The first-order valence-corrected chi connectivity index (χ1v) is 7.51. The fourth-order valence-electron chi connectivity index (χ4n) is 3.54. The standard InChI is InChI=1S/C16H19F2NO4/c1-21-7-10-14(9-3-4-23-15(9)10)19-16(20)13-11(17)5-8(22-2)6-12(13)18/h5-6,9-10,14-15H,3-4,7H2,1-2H3,(H,19,20)/t9-,10+,14+,15-/m0/s1. The monoisotopic (exact) mass is 327 g/mol. The van der Waals surface area contributed by atoms with Crippen molar-refractivity contribution in [3.8, 4) is 5.75 Å². The van der Waals surface area contributed by atoms with Crippen molar-refractivity contribution >= 4 is 5.91 Å². The van der Waals surface area contributed by atoms with E-state index in [1.807, 2.05) is 0 Å². The molecule has 1 saturated heterocycles. The van der Waals surface area contributed by atoms with E-state index in [-0.39, 0.29) is 29.7 Å². The Balaban J connectivity index is 1.76. The van der Waals surface area contributed by atoms with Gasteiger partial charge in [0.15, 0.2) is 0 Å². The van der Waals surface area contributed by atoms with Crippen LogP contribution in [0.4, 0.5) is 8.78 Å². The molecular formula is C16H19F2NO4. The number of carbonyl (C=O) groups is 1. The Kier molecular flexibility index (Phi) is 4.50. The number of fused-ring (bicyclic) bond motifs is 1. The van der Waals surface area contributed by atoms with Crippen LogP contribution in [-0.2, 0) is 9.47 Å². The molecule has 23 heavy (non-hydrogen) atoms. The van der Waals surface area contributed by atoms with Crippen molar-refractivity contribution in [3.63, 3.8) is 0 Å². The lowest BCUT2D eigenvalue weighted by Gasteiger charge is -2.47. The SMILES string of the molecule is COC[C@@H]1[C@H](NC(=O)c2c(F)cc(OC)cc2F)[C@@H]2CCO[C@H]12. The quantitative estimate of drug-likeness (QED) is 0.895. The van der Waals surface area contributed by atoms with Crippen molar-refractivity contribution in [1.82, 2.24) is 5.32 Å². The summed E-state index contributed by atoms with van der Waals surface area (Å²) in [5.74, 6) is -2.45. The molecule has 0 bridgehead atoms. The molecular weight excluding hydrogens is 308 g/mol. The van der Waals surface area contributed by atoms with Crippen LogP contribution in [0.1, 0.15) is 16.8 Å². The lowest BCUT2D eigenvalue weighted by atomic mass is 9.67. The van der Waals surface area contributed by atoms with Gasteiger partial charge in [-0.3, -0.25) is 4.79 Å². The van der Waals surface area contributed by atoms with E-state index in [1.165, 1.54) is 7.11 Å². The number of hydrogen-bond acceptors (Lipinski definition) is 4. The normalized spacial score (nSPS) is 28.9. The summed E-state index contributed by atoms with van der Waals surface area (Å²) in [4.78, 5) is 12.3. The second-order valence-electron chi connectivity index (χ2n) is 5.87. The molecule has 3 rings (SSSR count). The van der Waals surface area contributed by atoms with E-state index in [4.69, 9.17) is 14.2 Å². The number of nitrogens with one attached hydrogen (secondary N) is 1. The first-order valence-electron chi connectivity index (χ1n) is 7.51. The second kappa shape index (κ2) is 6.41. The topological polar surface area (TPSA) is 56.8 Å². The minimum atomic E-state index is -0.943. The molecule has 1 saturated carbocycles. The summed E-state index contributed by atoms with van der Waals surface area (Å²) >= 11 is 0. The van der Waals surface area contributed by atoms with Crippen molar-refractivity contribution < 1.29 is 27.8 Å². The highest BCUT2D eigenvalue weighted by molar-refractivity contribution is 5.95. The molecule has 2 aliphatic rings. The highest BCUT2D eigenvalue weighted by atomic mass is 19.1. The molecule has 1 aliphatic carbocycles. The van der Waals surface area contributed by atoms with Gasteiger partial charge in [-0.1, -0.05) is 0 Å². The van der Waals surface area contributed by atoms with Crippen molar-refractivity contribution in [3.05, 3.63) is 29.3 Å². The fourth-order valence-corrected chi connectivity index (χ4v) is 3.54. The van der Waals surface area contributed by atoms with Gasteiger partial charge in [0.25, 0.3) is 5.91 Å². The number of rotatable bonds is 5. The summed E-state index contributed by atoms with van der Waals surface area (Å²) in [7, 11) is 2.88. The third-order valence-electron chi connectivity index (χ3n) is 4.66. The molecule has 0 unspecified atom stereocenters. The molecule has 4 atom stereocenters. The summed E-state index contributed by atoms with van der Waals surface area (Å²) < 4.78 is 43.6. The minimum Gasteiger partial charge on any atom is -0.497 e. The lowest BCUT2D eigenvalue weighted by molar-refractivity contribution is -0.0810. The Hall–Kier alpha value is -1.73. The van der Waals surface area contributed by atoms with Gasteiger partial charge in [-0.2, -0.15) is 0 Å². The van der Waals surface area contributed by atoms with Gasteiger partial charge in [-0.25, -0.2) is 8.78 Å². The van der Waals surface area contributed by atoms with E-state index in [9.17, 15) is 13.6 Å². The number of benzene rings is 1. The zero-order chi connectivity index (χ0) is 16.6. The van der Waals surface area contributed by atoms with Gasteiger partial charge >= 0.3 is 0 Å². The predicted octanol–water partition coefficient (Wildman–Crippen LogP) is 1.75. The van der Waals surface area contributed by atoms with E-state index in [0.29, 0.717) is 13.2 Å². The van der Waals surface area contributed by atoms with Gasteiger partial charge in [-0.15, -0.1) is 0 Å². The van der Waals surface area contributed by atoms with Crippen LogP contribution >= 0.6 is 0 Å². The molecule has 1 amide bonds. The van der Waals surface area contributed by atoms with Gasteiger partial charge < -0.3 is 19.5 Å². The van der Waals surface area contributed by atoms with E-state index in [0.717, 1.165) is 18.6 Å². The van der Waals surface area contributed by atoms with Gasteiger partial charge in [0.05, 0.1) is 19.8 Å². The summed E-state index contributed by atoms with van der Waals surface area (Å²) in [5.41, 5.74) is -0.593. The largest absolute Gasteiger partial charge is 0.497 e. The molecule has 1 aromatic rings. The van der Waals surface area contributed by atoms with E-state index >= 15 is 0 Å². The van der Waals surface area contributed by atoms with E-state index in [1.54, 1.807) is 7.11 Å². The minimum absolute atomic E-state index is 0.000760. The average molecular weight is 327 g/mol. The van der Waals surface area contributed by atoms with Crippen molar-refractivity contribution in [1.29, 1.82) is 0 Å². The summed E-state index contributed by atoms with van der Waals surface area (Å²) in [6.07, 6.45) is 0.870. The Morgan fingerprint density at radius 1 is 1.35 bits per heavy atom. The zero-order valence-electron chi connectivity index (χ0n) is 13.0. The molecule has 1 heterocycles. The van der Waals surface area contributed by atoms with Crippen LogP contribution in [0.15, 0.2) is 12.1 Å². The van der Waals surface area contributed by atoms with Gasteiger partial charge in [0, 0.05) is 43.7 Å². The number of hydrogen-bond donors (Lipinski definition) is 1. The molecule has 1 N–H and O–H groups in total. The van der Waals surface area contributed by atoms with Crippen LogP contribution < -0.4 is 10.1 Å². The highest BCUT2D eigenvalue weighted by Crippen LogP contribution is 2.43. The van der Waals surface area contributed by atoms with Crippen molar-refractivity contribution in [2.24, 2.45) is 11.8 Å². The molecule has 5 nitrogen and oxygen atoms in total. The molecule has 126 valence electrons. The summed E-state index contributed by atoms with van der Waals surface area (Å²) in [5, 5.41) is 2.74. The molecule has 0 aromatic heterocycles. The molecule has 1 aromatic carbocycles. The first kappa shape index (κ1) is 16.1. The van der Waals surface area contributed by atoms with Crippen LogP contribution in [0.3, 0.4) is 0 Å². The highest BCUT2D eigenvalue weighted by Gasteiger charge is 2.54. The third-order valence-corrected chi connectivity index (χ3v) is 4.66. The van der Waals surface area contributed by atoms with Gasteiger partial charge in [0.1, 0.15) is 22.9 Å². The number of methoxy groups -OCH3 is 2. The predicted molar refractivity (Wildman–Crippen MR) is 77.4 cm³/mol. The van der Waals surface area contributed by atoms with Crippen LogP contribution in [0.5, 0.6) is 5.75 Å². The average Bonchev–Trinajstić information content (AvgIpc) is 2.94.